The van der Waals surface area contributed by atoms with Gasteiger partial charge in [0, 0.05) is 43.8 Å². The van der Waals surface area contributed by atoms with Crippen molar-refractivity contribution in [3.8, 4) is 11.1 Å². The SMILES string of the molecule is Cc1cc(S(=O)(=O)N2CCCC(Cn3ccnc3)C2)ccc1-c1cn[nH]c1.Cl. The normalized spacial score (nSPS) is 18.0. The van der Waals surface area contributed by atoms with Crippen LogP contribution in [0.3, 0.4) is 0 Å². The van der Waals surface area contributed by atoms with Crippen LogP contribution in [0.1, 0.15) is 18.4 Å². The molecule has 28 heavy (non-hydrogen) atoms. The highest BCUT2D eigenvalue weighted by atomic mass is 35.5. The second-order valence-electron chi connectivity index (χ2n) is 7.09. The molecule has 9 heteroatoms. The maximum atomic E-state index is 13.2. The van der Waals surface area contributed by atoms with E-state index in [1.54, 1.807) is 35.2 Å². The first-order chi connectivity index (χ1) is 13.0. The zero-order valence-corrected chi connectivity index (χ0v) is 17.3. The molecule has 0 bridgehead atoms. The number of aryl methyl sites for hydroxylation is 1. The summed E-state index contributed by atoms with van der Waals surface area (Å²) in [6.45, 7) is 3.85. The summed E-state index contributed by atoms with van der Waals surface area (Å²) in [6, 6.07) is 5.32. The Hall–Kier alpha value is -2.16. The number of halogens is 1. The number of rotatable bonds is 5. The fourth-order valence-corrected chi connectivity index (χ4v) is 5.40. The predicted octanol–water partition coefficient (Wildman–Crippen LogP) is 3.10. The molecular weight excluding hydrogens is 398 g/mol. The lowest BCUT2D eigenvalue weighted by molar-refractivity contribution is 0.245. The first kappa shape index (κ1) is 20.6. The van der Waals surface area contributed by atoms with Gasteiger partial charge in [-0.15, -0.1) is 12.4 Å². The quantitative estimate of drug-likeness (QED) is 0.686. The summed E-state index contributed by atoms with van der Waals surface area (Å²) in [6.07, 6.45) is 10.9. The topological polar surface area (TPSA) is 83.9 Å². The average molecular weight is 422 g/mol. The highest BCUT2D eigenvalue weighted by Crippen LogP contribution is 2.29. The molecule has 1 aromatic carbocycles. The number of sulfonamides is 1. The van der Waals surface area contributed by atoms with Gasteiger partial charge in [0.15, 0.2) is 0 Å². The van der Waals surface area contributed by atoms with Crippen LogP contribution in [0.4, 0.5) is 0 Å². The molecule has 1 aliphatic rings. The monoisotopic (exact) mass is 421 g/mol. The average Bonchev–Trinajstić information content (AvgIpc) is 3.36. The first-order valence-corrected chi connectivity index (χ1v) is 10.5. The van der Waals surface area contributed by atoms with E-state index in [0.717, 1.165) is 36.1 Å². The molecule has 3 heterocycles. The fourth-order valence-electron chi connectivity index (χ4n) is 3.75. The Balaban J connectivity index is 0.00000225. The van der Waals surface area contributed by atoms with Crippen LogP contribution in [0.2, 0.25) is 0 Å². The number of hydrogen-bond acceptors (Lipinski definition) is 4. The molecule has 0 amide bonds. The van der Waals surface area contributed by atoms with Gasteiger partial charge in [-0.2, -0.15) is 9.40 Å². The number of benzene rings is 1. The number of aromatic amines is 1. The van der Waals surface area contributed by atoms with Crippen LogP contribution in [0, 0.1) is 12.8 Å². The summed E-state index contributed by atoms with van der Waals surface area (Å²) in [7, 11) is -3.50. The van der Waals surface area contributed by atoms with Gasteiger partial charge in [-0.3, -0.25) is 5.10 Å². The molecule has 0 spiro atoms. The molecule has 7 nitrogen and oxygen atoms in total. The number of nitrogens with zero attached hydrogens (tertiary/aromatic N) is 4. The lowest BCUT2D eigenvalue weighted by Gasteiger charge is -2.32. The van der Waals surface area contributed by atoms with Crippen LogP contribution in [-0.4, -0.2) is 45.6 Å². The lowest BCUT2D eigenvalue weighted by atomic mass is 10.00. The van der Waals surface area contributed by atoms with Crippen molar-refractivity contribution in [3.63, 3.8) is 0 Å². The molecule has 1 unspecified atom stereocenters. The zero-order chi connectivity index (χ0) is 18.9. The third-order valence-electron chi connectivity index (χ3n) is 5.15. The molecule has 1 N–H and O–H groups in total. The van der Waals surface area contributed by atoms with Crippen molar-refractivity contribution in [1.29, 1.82) is 0 Å². The number of imidazole rings is 1. The van der Waals surface area contributed by atoms with Gasteiger partial charge >= 0.3 is 0 Å². The Bertz CT molecular complexity index is 1000. The van der Waals surface area contributed by atoms with Crippen LogP contribution in [0.15, 0.2) is 54.2 Å². The van der Waals surface area contributed by atoms with E-state index in [1.807, 2.05) is 30.0 Å². The van der Waals surface area contributed by atoms with E-state index < -0.39 is 10.0 Å². The third kappa shape index (κ3) is 4.14. The minimum Gasteiger partial charge on any atom is -0.337 e. The molecule has 1 atom stereocenters. The molecule has 1 aliphatic heterocycles. The molecule has 1 saturated heterocycles. The summed E-state index contributed by atoms with van der Waals surface area (Å²) in [4.78, 5) is 4.42. The predicted molar refractivity (Wildman–Crippen MR) is 110 cm³/mol. The minimum absolute atomic E-state index is 0. The van der Waals surface area contributed by atoms with E-state index in [1.165, 1.54) is 0 Å². The molecule has 1 fully saturated rings. The summed E-state index contributed by atoms with van der Waals surface area (Å²) in [5, 5.41) is 6.76. The Kier molecular flexibility index (Phi) is 6.22. The Morgan fingerprint density at radius 1 is 1.32 bits per heavy atom. The molecule has 3 aromatic rings. The van der Waals surface area contributed by atoms with E-state index in [-0.39, 0.29) is 12.4 Å². The van der Waals surface area contributed by atoms with Crippen molar-refractivity contribution >= 4 is 22.4 Å². The largest absolute Gasteiger partial charge is 0.337 e. The van der Waals surface area contributed by atoms with Crippen LogP contribution in [-0.2, 0) is 16.6 Å². The number of hydrogen-bond donors (Lipinski definition) is 1. The number of H-pyrrole nitrogens is 1. The Morgan fingerprint density at radius 2 is 2.18 bits per heavy atom. The van der Waals surface area contributed by atoms with Crippen molar-refractivity contribution in [2.24, 2.45) is 5.92 Å². The van der Waals surface area contributed by atoms with Crippen molar-refractivity contribution in [3.05, 3.63) is 54.9 Å². The molecule has 0 aliphatic carbocycles. The van der Waals surface area contributed by atoms with E-state index in [4.69, 9.17) is 0 Å². The van der Waals surface area contributed by atoms with E-state index in [0.29, 0.717) is 23.9 Å². The van der Waals surface area contributed by atoms with Crippen LogP contribution >= 0.6 is 12.4 Å². The van der Waals surface area contributed by atoms with Crippen molar-refractivity contribution in [1.82, 2.24) is 24.1 Å². The van der Waals surface area contributed by atoms with E-state index in [2.05, 4.69) is 15.2 Å². The van der Waals surface area contributed by atoms with Gasteiger partial charge in [-0.05, 0) is 48.9 Å². The van der Waals surface area contributed by atoms with Crippen molar-refractivity contribution in [2.75, 3.05) is 13.1 Å². The summed E-state index contributed by atoms with van der Waals surface area (Å²) in [5.74, 6) is 0.300. The van der Waals surface area contributed by atoms with Gasteiger partial charge in [-0.1, -0.05) is 6.07 Å². The standard InChI is InChI=1S/C19H23N5O2S.ClH/c1-15-9-18(4-5-19(15)17-10-21-22-11-17)27(25,26)24-7-2-3-16(13-24)12-23-8-6-20-14-23;/h4-6,8-11,14,16H,2-3,7,12-13H2,1H3,(H,21,22);1H. The molecule has 2 aromatic heterocycles. The highest BCUT2D eigenvalue weighted by molar-refractivity contribution is 7.89. The fraction of sp³-hybridized carbons (Fsp3) is 0.368. The smallest absolute Gasteiger partial charge is 0.243 e. The molecule has 150 valence electrons. The van der Waals surface area contributed by atoms with Gasteiger partial charge in [0.25, 0.3) is 0 Å². The third-order valence-corrected chi connectivity index (χ3v) is 7.02. The van der Waals surface area contributed by atoms with Crippen LogP contribution in [0.25, 0.3) is 11.1 Å². The Morgan fingerprint density at radius 3 is 2.86 bits per heavy atom. The maximum absolute atomic E-state index is 13.2. The lowest BCUT2D eigenvalue weighted by Crippen LogP contribution is -2.41. The second kappa shape index (κ2) is 8.46. The number of piperidine rings is 1. The zero-order valence-electron chi connectivity index (χ0n) is 15.7. The van der Waals surface area contributed by atoms with Gasteiger partial charge in [0.05, 0.1) is 17.4 Å². The van der Waals surface area contributed by atoms with Crippen molar-refractivity contribution < 1.29 is 8.42 Å². The number of nitrogens with one attached hydrogen (secondary N) is 1. The van der Waals surface area contributed by atoms with Gasteiger partial charge in [0.1, 0.15) is 0 Å². The van der Waals surface area contributed by atoms with E-state index in [9.17, 15) is 8.42 Å². The molecule has 4 rings (SSSR count). The Labute approximate surface area is 171 Å². The molecule has 0 radical (unpaired) electrons. The molecule has 0 saturated carbocycles. The summed E-state index contributed by atoms with van der Waals surface area (Å²) >= 11 is 0. The summed E-state index contributed by atoms with van der Waals surface area (Å²) < 4.78 is 30.0. The van der Waals surface area contributed by atoms with Gasteiger partial charge in [-0.25, -0.2) is 13.4 Å². The molecular formula is C19H24ClN5O2S. The minimum atomic E-state index is -3.50. The maximum Gasteiger partial charge on any atom is 0.243 e. The first-order valence-electron chi connectivity index (χ1n) is 9.10. The number of aromatic nitrogens is 4. The van der Waals surface area contributed by atoms with E-state index >= 15 is 0 Å². The van der Waals surface area contributed by atoms with Crippen LogP contribution < -0.4 is 0 Å². The second-order valence-corrected chi connectivity index (χ2v) is 9.03. The summed E-state index contributed by atoms with van der Waals surface area (Å²) in [5.41, 5.74) is 2.86. The van der Waals surface area contributed by atoms with Crippen LogP contribution in [0.5, 0.6) is 0 Å². The highest BCUT2D eigenvalue weighted by Gasteiger charge is 2.30. The van der Waals surface area contributed by atoms with Crippen molar-refractivity contribution in [2.45, 2.75) is 31.2 Å². The van der Waals surface area contributed by atoms with Gasteiger partial charge < -0.3 is 4.57 Å². The van der Waals surface area contributed by atoms with Gasteiger partial charge in [0.2, 0.25) is 10.0 Å².